The monoisotopic (exact) mass is 273 g/mol. The lowest BCUT2D eigenvalue weighted by atomic mass is 9.82. The summed E-state index contributed by atoms with van der Waals surface area (Å²) >= 11 is 0. The van der Waals surface area contributed by atoms with Gasteiger partial charge in [-0.3, -0.25) is 0 Å². The topological polar surface area (TPSA) is 55.4 Å². The zero-order valence-electron chi connectivity index (χ0n) is 11.5. The van der Waals surface area contributed by atoms with Crippen LogP contribution in [0.2, 0.25) is 0 Å². The maximum atomic E-state index is 11.8. The van der Waals surface area contributed by atoms with Crippen molar-refractivity contribution < 1.29 is 14.3 Å². The Morgan fingerprint density at radius 2 is 2.15 bits per heavy atom. The van der Waals surface area contributed by atoms with Gasteiger partial charge >= 0.3 is 6.09 Å². The minimum absolute atomic E-state index is 0.190. The average molecular weight is 273 g/mol. The molecule has 1 aromatic rings. The Kier molecular flexibility index (Phi) is 4.93. The molecule has 0 heterocycles. The zero-order chi connectivity index (χ0) is 14.4. The molecule has 0 unspecified atom stereocenters. The second-order valence-corrected chi connectivity index (χ2v) is 5.09. The third-order valence-electron chi connectivity index (χ3n) is 3.58. The highest BCUT2D eigenvalue weighted by molar-refractivity contribution is 5.69. The molecule has 4 heteroatoms. The van der Waals surface area contributed by atoms with Crippen molar-refractivity contribution in [3.8, 4) is 0 Å². The molecule has 0 aromatic heterocycles. The molecular formula is C16H19NO3. The standard InChI is InChI=1S/C16H19NO3/c1-12-6-5-9-15(14(12)10-18)17-16(19)20-11-13-7-3-2-4-8-13/h2-5,7-10,12,14-15H,6,11H2,1H3,(H,17,19)/t12-,14-,15+/m1/s1. The van der Waals surface area contributed by atoms with Crippen molar-refractivity contribution in [2.45, 2.75) is 26.0 Å². The summed E-state index contributed by atoms with van der Waals surface area (Å²) in [5.74, 6) is 0.0428. The molecule has 1 aromatic carbocycles. The van der Waals surface area contributed by atoms with Gasteiger partial charge in [0, 0.05) is 5.92 Å². The third-order valence-corrected chi connectivity index (χ3v) is 3.58. The lowest BCUT2D eigenvalue weighted by Crippen LogP contribution is -2.43. The van der Waals surface area contributed by atoms with Gasteiger partial charge in [0.2, 0.25) is 0 Å². The minimum atomic E-state index is -0.496. The molecule has 0 spiro atoms. The Morgan fingerprint density at radius 3 is 2.85 bits per heavy atom. The first-order valence-corrected chi connectivity index (χ1v) is 6.80. The summed E-state index contributed by atoms with van der Waals surface area (Å²) in [6.45, 7) is 2.23. The molecule has 1 aliphatic carbocycles. The normalized spacial score (nSPS) is 24.9. The summed E-state index contributed by atoms with van der Waals surface area (Å²) in [5, 5.41) is 2.74. The largest absolute Gasteiger partial charge is 0.445 e. The number of ether oxygens (including phenoxy) is 1. The lowest BCUT2D eigenvalue weighted by molar-refractivity contribution is -0.112. The number of hydrogen-bond acceptors (Lipinski definition) is 3. The molecule has 3 atom stereocenters. The molecule has 0 aliphatic heterocycles. The Morgan fingerprint density at radius 1 is 1.40 bits per heavy atom. The van der Waals surface area contributed by atoms with Gasteiger partial charge in [-0.25, -0.2) is 4.79 Å². The van der Waals surface area contributed by atoms with Gasteiger partial charge in [0.05, 0.1) is 6.04 Å². The second kappa shape index (κ2) is 6.89. The Hall–Kier alpha value is -2.10. The van der Waals surface area contributed by atoms with Crippen LogP contribution in [0.1, 0.15) is 18.9 Å². The molecule has 20 heavy (non-hydrogen) atoms. The first-order chi connectivity index (χ1) is 9.70. The SMILES string of the molecule is C[C@@H]1CC=C[C@H](NC(=O)OCc2ccccc2)[C@@H]1C=O. The van der Waals surface area contributed by atoms with E-state index < -0.39 is 6.09 Å². The first-order valence-electron chi connectivity index (χ1n) is 6.80. The molecular weight excluding hydrogens is 254 g/mol. The number of aldehydes is 1. The number of allylic oxidation sites excluding steroid dienone is 1. The fraction of sp³-hybridized carbons (Fsp3) is 0.375. The summed E-state index contributed by atoms with van der Waals surface area (Å²) < 4.78 is 5.16. The van der Waals surface area contributed by atoms with Gasteiger partial charge < -0.3 is 14.8 Å². The van der Waals surface area contributed by atoms with Gasteiger partial charge in [-0.2, -0.15) is 0 Å². The van der Waals surface area contributed by atoms with E-state index in [1.807, 2.05) is 49.4 Å². The van der Waals surface area contributed by atoms with E-state index in [0.29, 0.717) is 0 Å². The Bertz CT molecular complexity index is 484. The molecule has 0 fully saturated rings. The summed E-state index contributed by atoms with van der Waals surface area (Å²) in [6, 6.07) is 9.20. The van der Waals surface area contributed by atoms with Crippen LogP contribution in [0.4, 0.5) is 4.79 Å². The molecule has 0 bridgehead atoms. The highest BCUT2D eigenvalue weighted by atomic mass is 16.5. The smallest absolute Gasteiger partial charge is 0.407 e. The van der Waals surface area contributed by atoms with E-state index in [-0.39, 0.29) is 24.5 Å². The lowest BCUT2D eigenvalue weighted by Gasteiger charge is -2.28. The molecule has 0 saturated carbocycles. The van der Waals surface area contributed by atoms with Crippen LogP contribution in [0.3, 0.4) is 0 Å². The molecule has 1 amide bonds. The quantitative estimate of drug-likeness (QED) is 0.678. The van der Waals surface area contributed by atoms with Crippen LogP contribution >= 0.6 is 0 Å². The Balaban J connectivity index is 1.86. The van der Waals surface area contributed by atoms with Gasteiger partial charge in [-0.05, 0) is 17.9 Å². The van der Waals surface area contributed by atoms with Crippen molar-refractivity contribution in [3.63, 3.8) is 0 Å². The predicted molar refractivity (Wildman–Crippen MR) is 76.0 cm³/mol. The number of alkyl carbamates (subject to hydrolysis) is 1. The molecule has 106 valence electrons. The summed E-state index contributed by atoms with van der Waals surface area (Å²) in [5.41, 5.74) is 0.933. The molecule has 1 aliphatic rings. The summed E-state index contributed by atoms with van der Waals surface area (Å²) in [4.78, 5) is 22.9. The predicted octanol–water partition coefficient (Wildman–Crippen LogP) is 2.69. The maximum Gasteiger partial charge on any atom is 0.407 e. The second-order valence-electron chi connectivity index (χ2n) is 5.09. The molecule has 2 rings (SSSR count). The number of hydrogen-bond donors (Lipinski definition) is 1. The van der Waals surface area contributed by atoms with Crippen molar-refractivity contribution in [2.75, 3.05) is 0 Å². The average Bonchev–Trinajstić information content (AvgIpc) is 2.46. The van der Waals surface area contributed by atoms with Crippen molar-refractivity contribution >= 4 is 12.4 Å². The fourth-order valence-corrected chi connectivity index (χ4v) is 2.34. The van der Waals surface area contributed by atoms with Crippen LogP contribution in [0.5, 0.6) is 0 Å². The van der Waals surface area contributed by atoms with Crippen LogP contribution < -0.4 is 5.32 Å². The molecule has 4 nitrogen and oxygen atoms in total. The van der Waals surface area contributed by atoms with Crippen molar-refractivity contribution in [1.29, 1.82) is 0 Å². The summed E-state index contributed by atoms with van der Waals surface area (Å²) in [6.07, 6.45) is 5.14. The van der Waals surface area contributed by atoms with Crippen LogP contribution in [0.15, 0.2) is 42.5 Å². The zero-order valence-corrected chi connectivity index (χ0v) is 11.5. The minimum Gasteiger partial charge on any atom is -0.445 e. The van der Waals surface area contributed by atoms with E-state index in [1.165, 1.54) is 0 Å². The number of rotatable bonds is 4. The van der Waals surface area contributed by atoms with E-state index in [2.05, 4.69) is 5.32 Å². The summed E-state index contributed by atoms with van der Waals surface area (Å²) in [7, 11) is 0. The van der Waals surface area contributed by atoms with E-state index in [9.17, 15) is 9.59 Å². The van der Waals surface area contributed by atoms with E-state index in [0.717, 1.165) is 18.3 Å². The highest BCUT2D eigenvalue weighted by Crippen LogP contribution is 2.23. The number of nitrogens with one attached hydrogen (secondary N) is 1. The van der Waals surface area contributed by atoms with Gasteiger partial charge in [0.25, 0.3) is 0 Å². The van der Waals surface area contributed by atoms with Gasteiger partial charge in [-0.15, -0.1) is 0 Å². The first kappa shape index (κ1) is 14.3. The molecule has 0 saturated heterocycles. The molecule has 1 N–H and O–H groups in total. The van der Waals surface area contributed by atoms with Gasteiger partial charge in [0.15, 0.2) is 0 Å². The number of benzene rings is 1. The van der Waals surface area contributed by atoms with E-state index in [4.69, 9.17) is 4.74 Å². The maximum absolute atomic E-state index is 11.8. The van der Waals surface area contributed by atoms with Crippen molar-refractivity contribution in [2.24, 2.45) is 11.8 Å². The van der Waals surface area contributed by atoms with Crippen molar-refractivity contribution in [3.05, 3.63) is 48.0 Å². The van der Waals surface area contributed by atoms with Crippen molar-refractivity contribution in [1.82, 2.24) is 5.32 Å². The number of amides is 1. The third kappa shape index (κ3) is 3.70. The van der Waals surface area contributed by atoms with E-state index in [1.54, 1.807) is 0 Å². The number of carbonyl (C=O) groups excluding carboxylic acids is 2. The van der Waals surface area contributed by atoms with Gasteiger partial charge in [-0.1, -0.05) is 49.4 Å². The fourth-order valence-electron chi connectivity index (χ4n) is 2.34. The number of carbonyl (C=O) groups is 2. The molecule has 0 radical (unpaired) electrons. The van der Waals surface area contributed by atoms with Crippen LogP contribution in [0.25, 0.3) is 0 Å². The van der Waals surface area contributed by atoms with Crippen LogP contribution in [0, 0.1) is 11.8 Å². The van der Waals surface area contributed by atoms with E-state index >= 15 is 0 Å². The van der Waals surface area contributed by atoms with Crippen LogP contribution in [-0.4, -0.2) is 18.4 Å². The highest BCUT2D eigenvalue weighted by Gasteiger charge is 2.28. The Labute approximate surface area is 118 Å². The van der Waals surface area contributed by atoms with Gasteiger partial charge in [0.1, 0.15) is 12.9 Å². The van der Waals surface area contributed by atoms with Crippen LogP contribution in [-0.2, 0) is 16.1 Å².